The summed E-state index contributed by atoms with van der Waals surface area (Å²) in [5, 5.41) is 0. The molecule has 4 heteroatoms. The Bertz CT molecular complexity index is 923. The van der Waals surface area contributed by atoms with Crippen molar-refractivity contribution in [3.05, 3.63) is 84.1 Å². The van der Waals surface area contributed by atoms with Gasteiger partial charge in [0.25, 0.3) is 0 Å². The number of anilines is 2. The molecule has 26 heavy (non-hydrogen) atoms. The number of para-hydroxylation sites is 2. The number of hydrogen-bond donors (Lipinski definition) is 0. The molecule has 1 unspecified atom stereocenters. The quantitative estimate of drug-likeness (QED) is 0.643. The van der Waals surface area contributed by atoms with Gasteiger partial charge in [-0.2, -0.15) is 0 Å². The summed E-state index contributed by atoms with van der Waals surface area (Å²) in [6.45, 7) is 2.11. The van der Waals surface area contributed by atoms with Crippen molar-refractivity contribution < 1.29 is 4.74 Å². The number of aryl methyl sites for hydroxylation is 1. The third-order valence-electron chi connectivity index (χ3n) is 4.66. The van der Waals surface area contributed by atoms with Gasteiger partial charge in [-0.3, -0.25) is 4.90 Å². The van der Waals surface area contributed by atoms with Gasteiger partial charge < -0.3 is 4.74 Å². The van der Waals surface area contributed by atoms with Crippen LogP contribution >= 0.6 is 0 Å². The van der Waals surface area contributed by atoms with Crippen LogP contribution in [0.4, 0.5) is 17.2 Å². The van der Waals surface area contributed by atoms with E-state index in [0.29, 0.717) is 6.42 Å². The molecule has 2 heterocycles. The van der Waals surface area contributed by atoms with Crippen LogP contribution in [0.3, 0.4) is 0 Å². The van der Waals surface area contributed by atoms with Gasteiger partial charge in [0.2, 0.25) is 0 Å². The summed E-state index contributed by atoms with van der Waals surface area (Å²) in [5.74, 6) is 1.82. The molecule has 4 rings (SSSR count). The van der Waals surface area contributed by atoms with Gasteiger partial charge in [-0.25, -0.2) is 9.98 Å². The van der Waals surface area contributed by atoms with Crippen LogP contribution in [0.2, 0.25) is 0 Å². The smallest absolute Gasteiger partial charge is 0.144 e. The SMILES string of the molecule is COC1CC(=Nc2ccccc2)N(c2ccccc2)c2nccc(C)c21. The number of hydrogen-bond acceptors (Lipinski definition) is 3. The van der Waals surface area contributed by atoms with E-state index in [9.17, 15) is 0 Å². The predicted molar refractivity (Wildman–Crippen MR) is 105 cm³/mol. The van der Waals surface area contributed by atoms with E-state index in [-0.39, 0.29) is 6.10 Å². The molecule has 0 saturated carbocycles. The molecule has 1 aromatic heterocycles. The van der Waals surface area contributed by atoms with Crippen molar-refractivity contribution in [2.24, 2.45) is 4.99 Å². The largest absolute Gasteiger partial charge is 0.376 e. The second-order valence-electron chi connectivity index (χ2n) is 6.33. The molecule has 130 valence electrons. The summed E-state index contributed by atoms with van der Waals surface area (Å²) >= 11 is 0. The number of amidine groups is 1. The molecule has 0 saturated heterocycles. The second kappa shape index (κ2) is 7.10. The molecule has 0 amide bonds. The Labute approximate surface area is 153 Å². The molecule has 4 nitrogen and oxygen atoms in total. The van der Waals surface area contributed by atoms with Crippen molar-refractivity contribution in [3.8, 4) is 0 Å². The van der Waals surface area contributed by atoms with E-state index in [4.69, 9.17) is 14.7 Å². The molecule has 3 aromatic rings. The minimum atomic E-state index is -0.0545. The molecule has 0 N–H and O–H groups in total. The summed E-state index contributed by atoms with van der Waals surface area (Å²) in [4.78, 5) is 11.8. The first-order valence-electron chi connectivity index (χ1n) is 8.74. The maximum absolute atomic E-state index is 5.80. The molecule has 1 atom stereocenters. The second-order valence-corrected chi connectivity index (χ2v) is 6.33. The molecule has 0 spiro atoms. The normalized spacial score (nSPS) is 18.0. The van der Waals surface area contributed by atoms with Crippen molar-refractivity contribution >= 4 is 23.0 Å². The lowest BCUT2D eigenvalue weighted by Crippen LogP contribution is -2.34. The molecule has 2 aromatic carbocycles. The standard InChI is InChI=1S/C22H21N3O/c1-16-13-14-23-22-21(16)19(26-2)15-20(24-17-9-5-3-6-10-17)25(22)18-11-7-4-8-12-18/h3-14,19H,15H2,1-2H3. The fraction of sp³-hybridized carbons (Fsp3) is 0.182. The Hall–Kier alpha value is -2.98. The van der Waals surface area contributed by atoms with E-state index in [1.807, 2.05) is 60.8 Å². The Morgan fingerprint density at radius 3 is 2.38 bits per heavy atom. The minimum absolute atomic E-state index is 0.0545. The summed E-state index contributed by atoms with van der Waals surface area (Å²) in [6, 6.07) is 22.3. The zero-order chi connectivity index (χ0) is 17.9. The zero-order valence-corrected chi connectivity index (χ0v) is 15.0. The van der Waals surface area contributed by atoms with E-state index < -0.39 is 0 Å². The zero-order valence-electron chi connectivity index (χ0n) is 15.0. The maximum Gasteiger partial charge on any atom is 0.144 e. The van der Waals surface area contributed by atoms with Crippen LogP contribution < -0.4 is 4.90 Å². The van der Waals surface area contributed by atoms with Crippen LogP contribution in [0.15, 0.2) is 77.9 Å². The lowest BCUT2D eigenvalue weighted by molar-refractivity contribution is 0.107. The van der Waals surface area contributed by atoms with Gasteiger partial charge in [0.15, 0.2) is 0 Å². The van der Waals surface area contributed by atoms with Gasteiger partial charge in [-0.05, 0) is 42.8 Å². The van der Waals surface area contributed by atoms with E-state index in [1.165, 1.54) is 5.56 Å². The predicted octanol–water partition coefficient (Wildman–Crippen LogP) is 5.35. The highest BCUT2D eigenvalue weighted by molar-refractivity contribution is 6.07. The number of nitrogens with zero attached hydrogens (tertiary/aromatic N) is 3. The number of aliphatic imine (C=N–C) groups is 1. The molecule has 0 bridgehead atoms. The molecule has 1 aliphatic rings. The van der Waals surface area contributed by atoms with Crippen LogP contribution in [0.5, 0.6) is 0 Å². The average molecular weight is 343 g/mol. The average Bonchev–Trinajstić information content (AvgIpc) is 2.69. The molecule has 0 fully saturated rings. The van der Waals surface area contributed by atoms with E-state index in [1.54, 1.807) is 7.11 Å². The molecule has 0 aliphatic carbocycles. The number of ether oxygens (including phenoxy) is 1. The Balaban J connectivity index is 1.92. The number of fused-ring (bicyclic) bond motifs is 1. The van der Waals surface area contributed by atoms with Crippen LogP contribution in [-0.4, -0.2) is 17.9 Å². The van der Waals surface area contributed by atoms with E-state index >= 15 is 0 Å². The van der Waals surface area contributed by atoms with Gasteiger partial charge in [0.1, 0.15) is 11.7 Å². The Kier molecular flexibility index (Phi) is 4.50. The summed E-state index contributed by atoms with van der Waals surface area (Å²) in [5.41, 5.74) is 4.29. The highest BCUT2D eigenvalue weighted by atomic mass is 16.5. The fourth-order valence-electron chi connectivity index (χ4n) is 3.41. The summed E-state index contributed by atoms with van der Waals surface area (Å²) < 4.78 is 5.80. The number of methoxy groups -OCH3 is 1. The number of rotatable bonds is 3. The number of pyridine rings is 1. The first-order valence-corrected chi connectivity index (χ1v) is 8.74. The Morgan fingerprint density at radius 1 is 1.00 bits per heavy atom. The van der Waals surface area contributed by atoms with E-state index in [0.717, 1.165) is 28.6 Å². The van der Waals surface area contributed by atoms with Crippen LogP contribution in [0, 0.1) is 6.92 Å². The van der Waals surface area contributed by atoms with Crippen molar-refractivity contribution in [3.63, 3.8) is 0 Å². The van der Waals surface area contributed by atoms with Crippen molar-refractivity contribution in [1.29, 1.82) is 0 Å². The minimum Gasteiger partial charge on any atom is -0.376 e. The van der Waals surface area contributed by atoms with Crippen LogP contribution in [0.1, 0.15) is 23.7 Å². The molecular weight excluding hydrogens is 322 g/mol. The molecule has 0 radical (unpaired) electrons. The first-order chi connectivity index (χ1) is 12.8. The highest BCUT2D eigenvalue weighted by Gasteiger charge is 2.33. The van der Waals surface area contributed by atoms with Gasteiger partial charge in [-0.15, -0.1) is 0 Å². The monoisotopic (exact) mass is 343 g/mol. The third-order valence-corrected chi connectivity index (χ3v) is 4.66. The fourth-order valence-corrected chi connectivity index (χ4v) is 3.41. The van der Waals surface area contributed by atoms with Crippen LogP contribution in [0.25, 0.3) is 0 Å². The number of benzene rings is 2. The van der Waals surface area contributed by atoms with Gasteiger partial charge >= 0.3 is 0 Å². The molecular formula is C22H21N3O. The highest BCUT2D eigenvalue weighted by Crippen LogP contribution is 2.41. The van der Waals surface area contributed by atoms with Gasteiger partial charge in [0, 0.05) is 31.0 Å². The lowest BCUT2D eigenvalue weighted by Gasteiger charge is -2.36. The van der Waals surface area contributed by atoms with Gasteiger partial charge in [0.05, 0.1) is 11.8 Å². The maximum atomic E-state index is 5.80. The van der Waals surface area contributed by atoms with E-state index in [2.05, 4.69) is 24.0 Å². The summed E-state index contributed by atoms with van der Waals surface area (Å²) in [6.07, 6.45) is 2.49. The first kappa shape index (κ1) is 16.5. The summed E-state index contributed by atoms with van der Waals surface area (Å²) in [7, 11) is 1.75. The van der Waals surface area contributed by atoms with Gasteiger partial charge in [-0.1, -0.05) is 36.4 Å². The third kappa shape index (κ3) is 3.00. The lowest BCUT2D eigenvalue weighted by atomic mass is 9.96. The van der Waals surface area contributed by atoms with Crippen molar-refractivity contribution in [2.75, 3.05) is 12.0 Å². The number of aromatic nitrogens is 1. The molecule has 1 aliphatic heterocycles. The van der Waals surface area contributed by atoms with Crippen molar-refractivity contribution in [1.82, 2.24) is 4.98 Å². The topological polar surface area (TPSA) is 37.7 Å². The van der Waals surface area contributed by atoms with Crippen molar-refractivity contribution in [2.45, 2.75) is 19.4 Å². The van der Waals surface area contributed by atoms with Crippen LogP contribution in [-0.2, 0) is 4.74 Å². The Morgan fingerprint density at radius 2 is 1.69 bits per heavy atom.